The topological polar surface area (TPSA) is 49.6 Å². The van der Waals surface area contributed by atoms with E-state index in [-0.39, 0.29) is 11.2 Å². The largest absolute Gasteiger partial charge is 0.399 e. The number of nitrogen functional groups attached to an aromatic ring is 1. The number of nitrogens with zero attached hydrogens (tertiary/aromatic N) is 2. The first-order chi connectivity index (χ1) is 14.2. The maximum atomic E-state index is 13.5. The zero-order valence-corrected chi connectivity index (χ0v) is 17.1. The van der Waals surface area contributed by atoms with Crippen LogP contribution < -0.4 is 10.6 Å². The molecule has 2 N–H and O–H groups in total. The Morgan fingerprint density at radius 3 is 2.00 bits per heavy atom. The first kappa shape index (κ1) is 19.4. The summed E-state index contributed by atoms with van der Waals surface area (Å²) in [6, 6.07) is 28.2. The monoisotopic (exact) mass is 403 g/mol. The number of carbonyl (C=O) groups excluding carboxylic acids is 1. The average molecular weight is 404 g/mol. The molecule has 1 amide bonds. The number of piperazine rings is 1. The Labute approximate surface area is 176 Å². The van der Waals surface area contributed by atoms with E-state index in [1.54, 1.807) is 11.8 Å². The molecule has 0 aromatic heterocycles. The number of nitrogens with two attached hydrogens (primary N) is 1. The Balaban J connectivity index is 1.49. The lowest BCUT2D eigenvalue weighted by Gasteiger charge is -2.37. The van der Waals surface area contributed by atoms with E-state index in [1.807, 2.05) is 65.6 Å². The fraction of sp³-hybridized carbons (Fsp3) is 0.208. The van der Waals surface area contributed by atoms with Gasteiger partial charge < -0.3 is 15.5 Å². The second-order valence-electron chi connectivity index (χ2n) is 7.13. The van der Waals surface area contributed by atoms with Crippen LogP contribution in [0.25, 0.3) is 0 Å². The van der Waals surface area contributed by atoms with Crippen molar-refractivity contribution in [2.45, 2.75) is 10.1 Å². The Morgan fingerprint density at radius 2 is 1.38 bits per heavy atom. The maximum Gasteiger partial charge on any atom is 0.240 e. The smallest absolute Gasteiger partial charge is 0.240 e. The number of rotatable bonds is 5. The lowest BCUT2D eigenvalue weighted by atomic mass is 10.1. The number of benzene rings is 3. The van der Waals surface area contributed by atoms with E-state index in [1.165, 1.54) is 5.69 Å². The molecule has 3 aromatic rings. The van der Waals surface area contributed by atoms with Crippen LogP contribution in [0, 0.1) is 0 Å². The Bertz CT molecular complexity index is 923. The van der Waals surface area contributed by atoms with Gasteiger partial charge in [-0.25, -0.2) is 0 Å². The summed E-state index contributed by atoms with van der Waals surface area (Å²) in [6.45, 7) is 3.17. The van der Waals surface area contributed by atoms with Crippen molar-refractivity contribution in [3.8, 4) is 0 Å². The molecule has 5 heteroatoms. The number of hydrogen-bond donors (Lipinski definition) is 1. The molecule has 0 saturated carbocycles. The van der Waals surface area contributed by atoms with Gasteiger partial charge in [-0.3, -0.25) is 4.79 Å². The summed E-state index contributed by atoms with van der Waals surface area (Å²) in [7, 11) is 0. The van der Waals surface area contributed by atoms with Crippen LogP contribution >= 0.6 is 11.8 Å². The highest BCUT2D eigenvalue weighted by atomic mass is 32.2. The first-order valence-corrected chi connectivity index (χ1v) is 10.7. The molecule has 1 aliphatic heterocycles. The van der Waals surface area contributed by atoms with Crippen LogP contribution in [0.4, 0.5) is 11.4 Å². The minimum Gasteiger partial charge on any atom is -0.399 e. The fourth-order valence-electron chi connectivity index (χ4n) is 3.56. The predicted molar refractivity (Wildman–Crippen MR) is 121 cm³/mol. The predicted octanol–water partition coefficient (Wildman–Crippen LogP) is 4.45. The normalized spacial score (nSPS) is 15.2. The summed E-state index contributed by atoms with van der Waals surface area (Å²) < 4.78 is 0. The van der Waals surface area contributed by atoms with Crippen LogP contribution in [0.1, 0.15) is 10.8 Å². The van der Waals surface area contributed by atoms with Crippen LogP contribution in [-0.4, -0.2) is 37.0 Å². The minimum absolute atomic E-state index is 0.172. The van der Waals surface area contributed by atoms with Crippen molar-refractivity contribution < 1.29 is 4.79 Å². The Hall–Kier alpha value is -2.92. The SMILES string of the molecule is Nc1ccc(SC(C(=O)N2CCN(c3ccccc3)CC2)c2ccccc2)cc1. The summed E-state index contributed by atoms with van der Waals surface area (Å²) in [5.41, 5.74) is 8.80. The number of carbonyl (C=O) groups is 1. The van der Waals surface area contributed by atoms with Gasteiger partial charge in [-0.15, -0.1) is 11.8 Å². The van der Waals surface area contributed by atoms with Gasteiger partial charge in [-0.2, -0.15) is 0 Å². The lowest BCUT2D eigenvalue weighted by Crippen LogP contribution is -2.49. The molecule has 4 nitrogen and oxygen atoms in total. The van der Waals surface area contributed by atoms with Crippen LogP contribution in [0.2, 0.25) is 0 Å². The van der Waals surface area contributed by atoms with E-state index < -0.39 is 0 Å². The van der Waals surface area contributed by atoms with Gasteiger partial charge in [-0.05, 0) is 42.0 Å². The second kappa shape index (κ2) is 9.05. The van der Waals surface area contributed by atoms with Gasteiger partial charge in [0, 0.05) is 42.4 Å². The van der Waals surface area contributed by atoms with Crippen molar-refractivity contribution in [3.63, 3.8) is 0 Å². The third kappa shape index (κ3) is 4.74. The molecule has 0 aliphatic carbocycles. The highest BCUT2D eigenvalue weighted by molar-refractivity contribution is 8.00. The van der Waals surface area contributed by atoms with E-state index in [0.29, 0.717) is 0 Å². The third-order valence-corrected chi connectivity index (χ3v) is 6.43. The van der Waals surface area contributed by atoms with Crippen molar-refractivity contribution in [2.24, 2.45) is 0 Å². The molecule has 148 valence electrons. The van der Waals surface area contributed by atoms with Crippen LogP contribution in [0.3, 0.4) is 0 Å². The number of thioether (sulfide) groups is 1. The highest BCUT2D eigenvalue weighted by Gasteiger charge is 2.29. The molecule has 1 atom stereocenters. The highest BCUT2D eigenvalue weighted by Crippen LogP contribution is 2.37. The summed E-state index contributed by atoms with van der Waals surface area (Å²) in [5.74, 6) is 0.172. The minimum atomic E-state index is -0.261. The summed E-state index contributed by atoms with van der Waals surface area (Å²) in [4.78, 5) is 18.9. The third-order valence-electron chi connectivity index (χ3n) is 5.17. The van der Waals surface area contributed by atoms with E-state index in [2.05, 4.69) is 29.2 Å². The quantitative estimate of drug-likeness (QED) is 0.505. The molecule has 1 unspecified atom stereocenters. The van der Waals surface area contributed by atoms with E-state index in [9.17, 15) is 4.79 Å². The van der Waals surface area contributed by atoms with Crippen molar-refractivity contribution >= 4 is 29.0 Å². The molecule has 0 spiro atoms. The standard InChI is InChI=1S/C24H25N3OS/c25-20-11-13-22(14-12-20)29-23(19-7-3-1-4-8-19)24(28)27-17-15-26(16-18-27)21-9-5-2-6-10-21/h1-14,23H,15-18,25H2. The summed E-state index contributed by atoms with van der Waals surface area (Å²) >= 11 is 1.59. The molecular formula is C24H25N3OS. The van der Waals surface area contributed by atoms with Gasteiger partial charge in [0.1, 0.15) is 5.25 Å². The molecule has 29 heavy (non-hydrogen) atoms. The zero-order chi connectivity index (χ0) is 20.1. The average Bonchev–Trinajstić information content (AvgIpc) is 2.79. The molecule has 0 radical (unpaired) electrons. The van der Waals surface area contributed by atoms with Crippen molar-refractivity contribution in [1.29, 1.82) is 0 Å². The molecule has 1 aliphatic rings. The van der Waals surface area contributed by atoms with Crippen molar-refractivity contribution in [3.05, 3.63) is 90.5 Å². The maximum absolute atomic E-state index is 13.5. The van der Waals surface area contributed by atoms with Gasteiger partial charge >= 0.3 is 0 Å². The number of hydrogen-bond acceptors (Lipinski definition) is 4. The van der Waals surface area contributed by atoms with E-state index >= 15 is 0 Å². The lowest BCUT2D eigenvalue weighted by molar-refractivity contribution is -0.131. The van der Waals surface area contributed by atoms with Gasteiger partial charge in [0.15, 0.2) is 0 Å². The van der Waals surface area contributed by atoms with Gasteiger partial charge in [0.25, 0.3) is 0 Å². The van der Waals surface area contributed by atoms with Gasteiger partial charge in [0.2, 0.25) is 5.91 Å². The number of anilines is 2. The molecule has 3 aromatic carbocycles. The van der Waals surface area contributed by atoms with Crippen LogP contribution in [0.15, 0.2) is 89.8 Å². The van der Waals surface area contributed by atoms with Crippen molar-refractivity contribution in [1.82, 2.24) is 4.90 Å². The zero-order valence-electron chi connectivity index (χ0n) is 16.3. The Morgan fingerprint density at radius 1 is 0.793 bits per heavy atom. The molecule has 0 bridgehead atoms. The molecule has 1 fully saturated rings. The molecule has 4 rings (SSSR count). The van der Waals surface area contributed by atoms with E-state index in [4.69, 9.17) is 5.73 Å². The number of amides is 1. The van der Waals surface area contributed by atoms with Crippen molar-refractivity contribution in [2.75, 3.05) is 36.8 Å². The summed E-state index contributed by atoms with van der Waals surface area (Å²) in [6.07, 6.45) is 0. The van der Waals surface area contributed by atoms with E-state index in [0.717, 1.165) is 42.3 Å². The molecule has 1 saturated heterocycles. The van der Waals surface area contributed by atoms with Crippen LogP contribution in [0.5, 0.6) is 0 Å². The number of para-hydroxylation sites is 1. The first-order valence-electron chi connectivity index (χ1n) is 9.86. The van der Waals surface area contributed by atoms with Crippen LogP contribution in [-0.2, 0) is 4.79 Å². The Kier molecular flexibility index (Phi) is 6.06. The summed E-state index contributed by atoms with van der Waals surface area (Å²) in [5, 5.41) is -0.261. The van der Waals surface area contributed by atoms with Gasteiger partial charge in [0.05, 0.1) is 0 Å². The second-order valence-corrected chi connectivity index (χ2v) is 8.30. The van der Waals surface area contributed by atoms with Gasteiger partial charge in [-0.1, -0.05) is 48.5 Å². The molecular weight excluding hydrogens is 378 g/mol. The fourth-order valence-corrected chi connectivity index (χ4v) is 4.67. The molecule has 1 heterocycles.